The van der Waals surface area contributed by atoms with Gasteiger partial charge in [-0.15, -0.1) is 0 Å². The molecule has 2 nitrogen and oxygen atoms in total. The minimum Gasteiger partial charge on any atom is -0.469 e. The van der Waals surface area contributed by atoms with Crippen molar-refractivity contribution in [2.75, 3.05) is 7.11 Å². The highest BCUT2D eigenvalue weighted by Gasteiger charge is 2.46. The van der Waals surface area contributed by atoms with Crippen molar-refractivity contribution in [1.82, 2.24) is 0 Å². The minimum absolute atomic E-state index is 0.155. The Morgan fingerprint density at radius 3 is 2.80 bits per heavy atom. The highest BCUT2D eigenvalue weighted by molar-refractivity contribution is 5.77. The van der Waals surface area contributed by atoms with E-state index in [9.17, 15) is 13.6 Å². The molecule has 0 aliphatic heterocycles. The summed E-state index contributed by atoms with van der Waals surface area (Å²) in [6.45, 7) is 0. The number of rotatable bonds is 2. The number of methoxy groups -OCH3 is 1. The minimum atomic E-state index is -0.605. The van der Waals surface area contributed by atoms with Gasteiger partial charge in [-0.1, -0.05) is 6.07 Å². The molecule has 15 heavy (non-hydrogen) atoms. The molecular weight excluding hydrogens is 202 g/mol. The summed E-state index contributed by atoms with van der Waals surface area (Å²) in [6.07, 6.45) is 0.579. The third-order valence-electron chi connectivity index (χ3n) is 2.66. The van der Waals surface area contributed by atoms with Crippen molar-refractivity contribution in [2.45, 2.75) is 12.3 Å². The molecule has 0 spiro atoms. The number of ether oxygens (including phenoxy) is 1. The molecule has 0 aromatic heterocycles. The first-order chi connectivity index (χ1) is 7.13. The largest absolute Gasteiger partial charge is 0.469 e. The Balaban J connectivity index is 2.16. The van der Waals surface area contributed by atoms with Gasteiger partial charge in [-0.05, 0) is 18.1 Å². The fourth-order valence-electron chi connectivity index (χ4n) is 1.75. The van der Waals surface area contributed by atoms with E-state index in [1.54, 1.807) is 0 Å². The summed E-state index contributed by atoms with van der Waals surface area (Å²) in [6, 6.07) is 3.42. The fourth-order valence-corrected chi connectivity index (χ4v) is 1.75. The standard InChI is InChI=1S/C11H10F2O2/c1-15-11(14)9-5-8(9)7-3-2-6(12)4-10(7)13/h2-4,8-9H,5H2,1H3/t8-,9+/m0/s1. The Hall–Kier alpha value is -1.45. The zero-order valence-electron chi connectivity index (χ0n) is 8.17. The molecule has 1 fully saturated rings. The average molecular weight is 212 g/mol. The van der Waals surface area contributed by atoms with Gasteiger partial charge in [-0.2, -0.15) is 0 Å². The van der Waals surface area contributed by atoms with Crippen molar-refractivity contribution in [3.8, 4) is 0 Å². The molecule has 2 atom stereocenters. The van der Waals surface area contributed by atoms with Crippen molar-refractivity contribution in [2.24, 2.45) is 5.92 Å². The monoisotopic (exact) mass is 212 g/mol. The maximum absolute atomic E-state index is 13.3. The number of halogens is 2. The molecule has 0 N–H and O–H groups in total. The number of esters is 1. The van der Waals surface area contributed by atoms with E-state index >= 15 is 0 Å². The second-order valence-corrected chi connectivity index (χ2v) is 3.64. The first kappa shape index (κ1) is 10.1. The molecule has 0 radical (unpaired) electrons. The molecule has 1 aromatic rings. The number of benzene rings is 1. The van der Waals surface area contributed by atoms with Gasteiger partial charge in [-0.25, -0.2) is 8.78 Å². The number of carbonyl (C=O) groups is 1. The van der Waals surface area contributed by atoms with E-state index in [1.165, 1.54) is 19.2 Å². The first-order valence-electron chi connectivity index (χ1n) is 4.66. The van der Waals surface area contributed by atoms with E-state index in [1.807, 2.05) is 0 Å². The van der Waals surface area contributed by atoms with E-state index in [0.717, 1.165) is 6.07 Å². The smallest absolute Gasteiger partial charge is 0.309 e. The molecule has 4 heteroatoms. The predicted molar refractivity (Wildman–Crippen MR) is 49.2 cm³/mol. The molecule has 1 saturated carbocycles. The van der Waals surface area contributed by atoms with Gasteiger partial charge in [-0.3, -0.25) is 4.79 Å². The van der Waals surface area contributed by atoms with Crippen LogP contribution in [-0.4, -0.2) is 13.1 Å². The molecule has 2 rings (SSSR count). The third-order valence-corrected chi connectivity index (χ3v) is 2.66. The van der Waals surface area contributed by atoms with E-state index in [4.69, 9.17) is 0 Å². The average Bonchev–Trinajstić information content (AvgIpc) is 2.96. The SMILES string of the molecule is COC(=O)[C@@H]1C[C@H]1c1ccc(F)cc1F. The van der Waals surface area contributed by atoms with Gasteiger partial charge in [0.05, 0.1) is 13.0 Å². The topological polar surface area (TPSA) is 26.3 Å². The number of carbonyl (C=O) groups excluding carboxylic acids is 1. The Labute approximate surface area is 85.9 Å². The van der Waals surface area contributed by atoms with E-state index in [-0.39, 0.29) is 17.8 Å². The maximum Gasteiger partial charge on any atom is 0.309 e. The summed E-state index contributed by atoms with van der Waals surface area (Å²) in [5, 5.41) is 0. The van der Waals surface area contributed by atoms with Crippen molar-refractivity contribution >= 4 is 5.97 Å². The summed E-state index contributed by atoms with van der Waals surface area (Å²) in [5.41, 5.74) is 0.395. The zero-order chi connectivity index (χ0) is 11.0. The van der Waals surface area contributed by atoms with Gasteiger partial charge in [0.1, 0.15) is 11.6 Å². The van der Waals surface area contributed by atoms with Crippen LogP contribution in [0.15, 0.2) is 18.2 Å². The van der Waals surface area contributed by atoms with Crippen molar-refractivity contribution < 1.29 is 18.3 Å². The molecule has 80 valence electrons. The maximum atomic E-state index is 13.3. The Bertz CT molecular complexity index is 404. The van der Waals surface area contributed by atoms with Crippen LogP contribution in [0.1, 0.15) is 17.9 Å². The highest BCUT2D eigenvalue weighted by Crippen LogP contribution is 2.48. The molecule has 1 aliphatic rings. The van der Waals surface area contributed by atoms with Crippen LogP contribution in [-0.2, 0) is 9.53 Å². The quantitative estimate of drug-likeness (QED) is 0.703. The van der Waals surface area contributed by atoms with Crippen LogP contribution in [0.25, 0.3) is 0 Å². The summed E-state index contributed by atoms with van der Waals surface area (Å²) < 4.78 is 30.5. The normalized spacial score (nSPS) is 23.7. The zero-order valence-corrected chi connectivity index (χ0v) is 8.17. The van der Waals surface area contributed by atoms with Gasteiger partial charge in [0, 0.05) is 12.0 Å². The second-order valence-electron chi connectivity index (χ2n) is 3.64. The summed E-state index contributed by atoms with van der Waals surface area (Å²) in [4.78, 5) is 11.1. The fraction of sp³-hybridized carbons (Fsp3) is 0.364. The van der Waals surface area contributed by atoms with Gasteiger partial charge in [0.15, 0.2) is 0 Å². The van der Waals surface area contributed by atoms with Crippen LogP contribution in [0.3, 0.4) is 0 Å². The van der Waals surface area contributed by atoms with E-state index in [2.05, 4.69) is 4.74 Å². The van der Waals surface area contributed by atoms with Crippen LogP contribution in [0.2, 0.25) is 0 Å². The number of hydrogen-bond donors (Lipinski definition) is 0. The lowest BCUT2D eigenvalue weighted by molar-refractivity contribution is -0.142. The molecule has 0 amide bonds. The second kappa shape index (κ2) is 3.61. The van der Waals surface area contributed by atoms with E-state index < -0.39 is 11.6 Å². The van der Waals surface area contributed by atoms with Gasteiger partial charge in [0.25, 0.3) is 0 Å². The molecule has 1 aromatic carbocycles. The van der Waals surface area contributed by atoms with Crippen molar-refractivity contribution in [3.63, 3.8) is 0 Å². The highest BCUT2D eigenvalue weighted by atomic mass is 19.1. The van der Waals surface area contributed by atoms with Crippen molar-refractivity contribution in [1.29, 1.82) is 0 Å². The van der Waals surface area contributed by atoms with Gasteiger partial charge in [0.2, 0.25) is 0 Å². The van der Waals surface area contributed by atoms with E-state index in [0.29, 0.717) is 12.0 Å². The Kier molecular flexibility index (Phi) is 2.42. The van der Waals surface area contributed by atoms with Gasteiger partial charge >= 0.3 is 5.97 Å². The van der Waals surface area contributed by atoms with Crippen LogP contribution in [0.5, 0.6) is 0 Å². The molecule has 1 aliphatic carbocycles. The molecular formula is C11H10F2O2. The molecule has 0 unspecified atom stereocenters. The third kappa shape index (κ3) is 1.84. The van der Waals surface area contributed by atoms with Gasteiger partial charge < -0.3 is 4.74 Å². The number of hydrogen-bond acceptors (Lipinski definition) is 2. The summed E-state index contributed by atoms with van der Waals surface area (Å²) >= 11 is 0. The first-order valence-corrected chi connectivity index (χ1v) is 4.66. The Morgan fingerprint density at radius 2 is 2.20 bits per heavy atom. The predicted octanol–water partition coefficient (Wildman–Crippen LogP) is 2.24. The van der Waals surface area contributed by atoms with Crippen molar-refractivity contribution in [3.05, 3.63) is 35.4 Å². The van der Waals surface area contributed by atoms with Crippen LogP contribution < -0.4 is 0 Å². The lowest BCUT2D eigenvalue weighted by atomic mass is 10.1. The summed E-state index contributed by atoms with van der Waals surface area (Å²) in [5.74, 6) is -1.95. The molecule has 0 saturated heterocycles. The van der Waals surface area contributed by atoms with Crippen LogP contribution in [0, 0.1) is 17.6 Å². The molecule has 0 bridgehead atoms. The van der Waals surface area contributed by atoms with Crippen LogP contribution >= 0.6 is 0 Å². The Morgan fingerprint density at radius 1 is 1.47 bits per heavy atom. The van der Waals surface area contributed by atoms with Crippen LogP contribution in [0.4, 0.5) is 8.78 Å². The summed E-state index contributed by atoms with van der Waals surface area (Å²) in [7, 11) is 1.30. The molecule has 0 heterocycles. The lowest BCUT2D eigenvalue weighted by Gasteiger charge is -2.01. The lowest BCUT2D eigenvalue weighted by Crippen LogP contribution is -2.04.